The van der Waals surface area contributed by atoms with Gasteiger partial charge in [-0.05, 0) is 105 Å². The first-order valence-electron chi connectivity index (χ1n) is 26.3. The van der Waals surface area contributed by atoms with Crippen molar-refractivity contribution in [3.63, 3.8) is 0 Å². The molecular weight excluding hydrogens is 851 g/mol. The maximum Gasteiger partial charge on any atom is 0.226 e. The summed E-state index contributed by atoms with van der Waals surface area (Å²) < 4.78 is 18.5. The second-order valence-corrected chi connectivity index (χ2v) is 19.5. The highest BCUT2D eigenvalue weighted by molar-refractivity contribution is 5.81. The van der Waals surface area contributed by atoms with Gasteiger partial charge in [-0.1, -0.05) is 69.6 Å². The van der Waals surface area contributed by atoms with E-state index in [9.17, 15) is 9.59 Å². The van der Waals surface area contributed by atoms with E-state index in [0.717, 1.165) is 166 Å². The van der Waals surface area contributed by atoms with Crippen LogP contribution in [0.5, 0.6) is 17.2 Å². The number of nitrogens with one attached hydrogen (secondary N) is 2. The fourth-order valence-corrected chi connectivity index (χ4v) is 10.6. The number of aromatic nitrogens is 2. The third-order valence-electron chi connectivity index (χ3n) is 14.6. The predicted octanol–water partition coefficient (Wildman–Crippen LogP) is 9.14. The molecule has 2 aromatic heterocycles. The molecule has 2 saturated carbocycles. The number of hydrogen-bond acceptors (Lipinski definition) is 10. The lowest BCUT2D eigenvalue weighted by molar-refractivity contribution is -0.121. The summed E-state index contributed by atoms with van der Waals surface area (Å²) in [6, 6.07) is 22.6. The molecule has 4 aliphatic rings. The summed E-state index contributed by atoms with van der Waals surface area (Å²) in [5.74, 6) is 5.06. The highest BCUT2D eigenvalue weighted by atomic mass is 16.5. The molecule has 0 spiro atoms. The summed E-state index contributed by atoms with van der Waals surface area (Å²) in [5.41, 5.74) is 5.73. The van der Waals surface area contributed by atoms with Crippen LogP contribution >= 0.6 is 0 Å². The van der Waals surface area contributed by atoms with Crippen LogP contribution in [0.4, 0.5) is 5.82 Å². The summed E-state index contributed by atoms with van der Waals surface area (Å²) in [4.78, 5) is 42.7. The molecule has 0 bridgehead atoms. The highest BCUT2D eigenvalue weighted by Crippen LogP contribution is 2.35. The van der Waals surface area contributed by atoms with Crippen LogP contribution in [-0.2, 0) is 22.4 Å². The van der Waals surface area contributed by atoms with E-state index in [1.807, 2.05) is 49.5 Å². The molecule has 0 unspecified atom stereocenters. The summed E-state index contributed by atoms with van der Waals surface area (Å²) in [7, 11) is 0. The first kappa shape index (κ1) is 49.2. The van der Waals surface area contributed by atoms with E-state index in [2.05, 4.69) is 60.6 Å². The van der Waals surface area contributed by atoms with Crippen molar-refractivity contribution in [3.05, 3.63) is 84.3 Å². The van der Waals surface area contributed by atoms with Crippen LogP contribution in [0.25, 0.3) is 22.3 Å². The zero-order valence-corrected chi connectivity index (χ0v) is 40.9. The van der Waals surface area contributed by atoms with E-state index < -0.39 is 0 Å². The Hall–Kier alpha value is -5.20. The molecule has 2 aliphatic heterocycles. The first-order valence-corrected chi connectivity index (χ1v) is 26.3. The molecular formula is C56H77N7O5. The molecule has 68 heavy (non-hydrogen) atoms. The van der Waals surface area contributed by atoms with Gasteiger partial charge in [0.15, 0.2) is 0 Å². The Labute approximate surface area is 405 Å². The number of anilines is 1. The fourth-order valence-electron chi connectivity index (χ4n) is 10.6. The number of piperazine rings is 1. The Balaban J connectivity index is 0.748. The van der Waals surface area contributed by atoms with E-state index in [-0.39, 0.29) is 18.2 Å². The van der Waals surface area contributed by atoms with Gasteiger partial charge in [0.1, 0.15) is 29.7 Å². The van der Waals surface area contributed by atoms with Gasteiger partial charge in [0.05, 0.1) is 31.7 Å². The molecule has 4 heterocycles. The van der Waals surface area contributed by atoms with Crippen molar-refractivity contribution >= 4 is 17.6 Å². The third-order valence-corrected chi connectivity index (χ3v) is 14.6. The number of hydrogen-bond donors (Lipinski definition) is 2. The molecule has 4 fully saturated rings. The van der Waals surface area contributed by atoms with Gasteiger partial charge in [0.2, 0.25) is 11.8 Å². The Morgan fingerprint density at radius 3 is 1.85 bits per heavy atom. The van der Waals surface area contributed by atoms with Crippen molar-refractivity contribution in [3.8, 4) is 39.5 Å². The van der Waals surface area contributed by atoms with Crippen LogP contribution in [-0.4, -0.2) is 117 Å². The van der Waals surface area contributed by atoms with Crippen LogP contribution in [0.15, 0.2) is 72.9 Å². The number of ether oxygens (including phenoxy) is 3. The molecule has 2 N–H and O–H groups in total. The molecule has 2 saturated heterocycles. The van der Waals surface area contributed by atoms with Gasteiger partial charge in [-0.25, -0.2) is 4.98 Å². The summed E-state index contributed by atoms with van der Waals surface area (Å²) in [5, 5.41) is 6.25. The molecule has 8 rings (SSSR count). The van der Waals surface area contributed by atoms with Crippen molar-refractivity contribution < 1.29 is 23.8 Å². The van der Waals surface area contributed by atoms with Gasteiger partial charge in [-0.15, -0.1) is 0 Å². The van der Waals surface area contributed by atoms with E-state index in [0.29, 0.717) is 26.2 Å². The van der Waals surface area contributed by atoms with Crippen molar-refractivity contribution in [2.24, 2.45) is 11.8 Å². The van der Waals surface area contributed by atoms with Crippen molar-refractivity contribution in [2.75, 3.05) is 90.2 Å². The molecule has 12 heteroatoms. The monoisotopic (exact) mass is 928 g/mol. The topological polar surface area (TPSA) is 121 Å². The molecule has 0 atom stereocenters. The van der Waals surface area contributed by atoms with Crippen LogP contribution in [0, 0.1) is 11.8 Å². The molecule has 2 aliphatic carbocycles. The van der Waals surface area contributed by atoms with Gasteiger partial charge in [-0.3, -0.25) is 19.5 Å². The van der Waals surface area contributed by atoms with Crippen molar-refractivity contribution in [1.82, 2.24) is 30.4 Å². The third kappa shape index (κ3) is 14.9. The molecule has 12 nitrogen and oxygen atoms in total. The Morgan fingerprint density at radius 2 is 1.21 bits per heavy atom. The van der Waals surface area contributed by atoms with E-state index in [1.165, 1.54) is 57.8 Å². The second-order valence-electron chi connectivity index (χ2n) is 19.5. The largest absolute Gasteiger partial charge is 0.494 e. The van der Waals surface area contributed by atoms with Crippen LogP contribution in [0.1, 0.15) is 108 Å². The van der Waals surface area contributed by atoms with E-state index in [4.69, 9.17) is 19.2 Å². The number of benzene rings is 2. The molecule has 2 aromatic carbocycles. The van der Waals surface area contributed by atoms with Gasteiger partial charge >= 0.3 is 0 Å². The number of amides is 2. The standard InChI is InChI=1S/C56H77N7O5/c1-2-66-50-22-24-51(46-15-18-47(59-42-46)39-54(64)57-27-25-43-11-4-5-12-43)53(41-50)68-38-36-62-34-32-61(33-35-62)29-10-37-67-49-20-16-45(17-21-49)52-23-19-48(60-56(52)63-30-8-3-9-31-63)40-55(65)58-28-26-44-13-6-7-14-44/h15-24,41-44H,2-14,25-40H2,1H3,(H,57,64)(H,58,65). The summed E-state index contributed by atoms with van der Waals surface area (Å²) in [6.45, 7) is 13.2. The van der Waals surface area contributed by atoms with E-state index >= 15 is 0 Å². The lowest BCUT2D eigenvalue weighted by Crippen LogP contribution is -2.47. The molecule has 4 aromatic rings. The summed E-state index contributed by atoms with van der Waals surface area (Å²) >= 11 is 0. The van der Waals surface area contributed by atoms with Gasteiger partial charge in [0, 0.05) is 100 Å². The van der Waals surface area contributed by atoms with E-state index in [1.54, 1.807) is 0 Å². The van der Waals surface area contributed by atoms with Gasteiger partial charge < -0.3 is 34.6 Å². The van der Waals surface area contributed by atoms with Gasteiger partial charge in [-0.2, -0.15) is 0 Å². The summed E-state index contributed by atoms with van der Waals surface area (Å²) in [6.07, 6.45) is 19.7. The lowest BCUT2D eigenvalue weighted by atomic mass is 10.0. The Kier molecular flexibility index (Phi) is 18.8. The maximum absolute atomic E-state index is 12.9. The number of carbonyl (C=O) groups excluding carboxylic acids is 2. The minimum Gasteiger partial charge on any atom is -0.494 e. The zero-order valence-electron chi connectivity index (χ0n) is 40.9. The normalized spacial score (nSPS) is 17.3. The fraction of sp³-hybridized carbons (Fsp3) is 0.571. The van der Waals surface area contributed by atoms with Gasteiger partial charge in [0.25, 0.3) is 0 Å². The predicted molar refractivity (Wildman–Crippen MR) is 272 cm³/mol. The number of pyridine rings is 2. The zero-order chi connectivity index (χ0) is 46.8. The average Bonchev–Trinajstić information content (AvgIpc) is 4.10. The Morgan fingerprint density at radius 1 is 0.603 bits per heavy atom. The quantitative estimate of drug-likeness (QED) is 0.0659. The Bertz CT molecular complexity index is 2160. The highest BCUT2D eigenvalue weighted by Gasteiger charge is 2.21. The molecule has 366 valence electrons. The SMILES string of the molecule is CCOc1ccc(-c2ccc(CC(=O)NCCC3CCCC3)nc2)c(OCCN2CCN(CCCOc3ccc(-c4ccc(CC(=O)NCCC5CCCC5)nc4N4CCCCC4)cc3)CC2)c1. The number of piperidine rings is 1. The van der Waals surface area contributed by atoms with Crippen molar-refractivity contribution in [2.45, 2.75) is 110 Å². The van der Waals surface area contributed by atoms with Crippen LogP contribution in [0.2, 0.25) is 0 Å². The minimum atomic E-state index is 0.0310. The average molecular weight is 928 g/mol. The number of rotatable bonds is 24. The first-order chi connectivity index (χ1) is 33.5. The number of carbonyl (C=O) groups is 2. The second kappa shape index (κ2) is 26.0. The molecule has 2 amide bonds. The molecule has 0 radical (unpaired) electrons. The lowest BCUT2D eigenvalue weighted by Gasteiger charge is -2.34. The maximum atomic E-state index is 12.9. The smallest absolute Gasteiger partial charge is 0.226 e. The number of nitrogens with zero attached hydrogens (tertiary/aromatic N) is 5. The van der Waals surface area contributed by atoms with Crippen LogP contribution < -0.4 is 29.7 Å². The van der Waals surface area contributed by atoms with Crippen molar-refractivity contribution in [1.29, 1.82) is 0 Å². The van der Waals surface area contributed by atoms with Crippen LogP contribution in [0.3, 0.4) is 0 Å². The minimum absolute atomic E-state index is 0.0310.